The van der Waals surface area contributed by atoms with Crippen molar-refractivity contribution in [3.8, 4) is 11.5 Å². The van der Waals surface area contributed by atoms with Gasteiger partial charge in [-0.3, -0.25) is 4.79 Å². The molecule has 2 aliphatic carbocycles. The number of carbonyl (C=O) groups excluding carboxylic acids is 1. The molecular weight excluding hydrogens is 340 g/mol. The van der Waals surface area contributed by atoms with Crippen molar-refractivity contribution >= 4 is 11.6 Å². The molecule has 5 nitrogen and oxygen atoms in total. The predicted molar refractivity (Wildman–Crippen MR) is 104 cm³/mol. The number of fused-ring (bicyclic) bond motifs is 1. The fourth-order valence-corrected chi connectivity index (χ4v) is 3.45. The summed E-state index contributed by atoms with van der Waals surface area (Å²) in [4.78, 5) is 12.5. The molecule has 0 saturated heterocycles. The number of amides is 1. The van der Waals surface area contributed by atoms with Crippen molar-refractivity contribution in [2.45, 2.75) is 12.8 Å². The maximum absolute atomic E-state index is 12.5. The number of para-hydroxylation sites is 2. The van der Waals surface area contributed by atoms with Crippen LogP contribution in [-0.2, 0) is 0 Å². The molecule has 0 unspecified atom stereocenters. The van der Waals surface area contributed by atoms with Gasteiger partial charge in [-0.25, -0.2) is 5.43 Å². The fourth-order valence-electron chi connectivity index (χ4n) is 3.45. The van der Waals surface area contributed by atoms with E-state index in [1.807, 2.05) is 42.5 Å². The van der Waals surface area contributed by atoms with Crippen LogP contribution in [0.4, 0.5) is 0 Å². The first-order valence-corrected chi connectivity index (χ1v) is 9.24. The van der Waals surface area contributed by atoms with E-state index in [2.05, 4.69) is 22.7 Å². The lowest BCUT2D eigenvalue weighted by molar-refractivity contribution is 0.0948. The zero-order valence-corrected chi connectivity index (χ0v) is 15.0. The lowest BCUT2D eigenvalue weighted by Crippen LogP contribution is -2.35. The molecule has 1 N–H and O–H groups in total. The minimum Gasteiger partial charge on any atom is -0.490 e. The fraction of sp³-hybridized carbons (Fsp3) is 0.273. The van der Waals surface area contributed by atoms with Gasteiger partial charge in [0, 0.05) is 11.6 Å². The summed E-state index contributed by atoms with van der Waals surface area (Å²) in [5.41, 5.74) is 4.20. The number of hydrazone groups is 1. The van der Waals surface area contributed by atoms with Gasteiger partial charge in [-0.2, -0.15) is 5.10 Å². The van der Waals surface area contributed by atoms with Gasteiger partial charge in [0.05, 0.1) is 5.56 Å². The number of hydrogen-bond acceptors (Lipinski definition) is 4. The Morgan fingerprint density at radius 2 is 1.81 bits per heavy atom. The first-order valence-electron chi connectivity index (χ1n) is 9.24. The zero-order valence-electron chi connectivity index (χ0n) is 15.0. The van der Waals surface area contributed by atoms with E-state index in [-0.39, 0.29) is 5.91 Å². The topological polar surface area (TPSA) is 59.9 Å². The summed E-state index contributed by atoms with van der Waals surface area (Å²) < 4.78 is 11.4. The van der Waals surface area contributed by atoms with Crippen LogP contribution in [0.5, 0.6) is 11.5 Å². The highest BCUT2D eigenvalue weighted by Gasteiger charge is 2.37. The number of benzene rings is 2. The van der Waals surface area contributed by atoms with Crippen molar-refractivity contribution < 1.29 is 14.3 Å². The van der Waals surface area contributed by atoms with Crippen molar-refractivity contribution in [1.82, 2.24) is 5.43 Å². The summed E-state index contributed by atoms with van der Waals surface area (Å²) in [5.74, 6) is 2.15. The predicted octanol–water partition coefficient (Wildman–Crippen LogP) is 3.83. The lowest BCUT2D eigenvalue weighted by atomic mass is 9.74. The minimum atomic E-state index is -0.257. The zero-order chi connectivity index (χ0) is 18.5. The van der Waals surface area contributed by atoms with Gasteiger partial charge in [0.2, 0.25) is 0 Å². The second kappa shape index (κ2) is 8.08. The Morgan fingerprint density at radius 1 is 1.04 bits per heavy atom. The number of carbonyl (C=O) groups is 1. The van der Waals surface area contributed by atoms with Crippen LogP contribution in [0, 0.1) is 11.8 Å². The van der Waals surface area contributed by atoms with E-state index in [1.54, 1.807) is 12.1 Å². The third-order valence-corrected chi connectivity index (χ3v) is 4.93. The summed E-state index contributed by atoms with van der Waals surface area (Å²) in [5, 5.41) is 4.31. The Bertz CT molecular complexity index is 861. The van der Waals surface area contributed by atoms with E-state index in [1.165, 1.54) is 0 Å². The molecule has 5 heteroatoms. The Morgan fingerprint density at radius 3 is 2.67 bits per heavy atom. The van der Waals surface area contributed by atoms with E-state index in [4.69, 9.17) is 9.47 Å². The highest BCUT2D eigenvalue weighted by atomic mass is 16.5. The van der Waals surface area contributed by atoms with Crippen LogP contribution in [0.2, 0.25) is 0 Å². The van der Waals surface area contributed by atoms with E-state index >= 15 is 0 Å². The SMILES string of the molecule is O=C(N/N=C1/C[C@@H]2CC=C[C@@H]12)c1ccccc1OCCOc1ccccc1. The van der Waals surface area contributed by atoms with Crippen LogP contribution in [0.1, 0.15) is 23.2 Å². The van der Waals surface area contributed by atoms with Crippen molar-refractivity contribution in [3.05, 3.63) is 72.3 Å². The van der Waals surface area contributed by atoms with Gasteiger partial charge in [-0.15, -0.1) is 0 Å². The Kier molecular flexibility index (Phi) is 5.19. The number of nitrogens with one attached hydrogen (secondary N) is 1. The van der Waals surface area contributed by atoms with Gasteiger partial charge in [0.25, 0.3) is 5.91 Å². The molecule has 2 aliphatic rings. The summed E-state index contributed by atoms with van der Waals surface area (Å²) in [7, 11) is 0. The molecule has 0 aromatic heterocycles. The largest absolute Gasteiger partial charge is 0.490 e. The Labute approximate surface area is 158 Å². The molecule has 1 fully saturated rings. The maximum atomic E-state index is 12.5. The van der Waals surface area contributed by atoms with Gasteiger partial charge in [-0.05, 0) is 43.0 Å². The molecule has 0 aliphatic heterocycles. The molecule has 2 atom stereocenters. The normalized spacial score (nSPS) is 21.4. The molecule has 4 rings (SSSR count). The number of allylic oxidation sites excluding steroid dienone is 2. The van der Waals surface area contributed by atoms with Crippen LogP contribution in [0.25, 0.3) is 0 Å². The van der Waals surface area contributed by atoms with E-state index in [9.17, 15) is 4.79 Å². The van der Waals surface area contributed by atoms with Gasteiger partial charge >= 0.3 is 0 Å². The first kappa shape index (κ1) is 17.3. The summed E-state index contributed by atoms with van der Waals surface area (Å²) in [6.45, 7) is 0.750. The molecule has 2 aromatic rings. The molecule has 2 aromatic carbocycles. The van der Waals surface area contributed by atoms with Crippen molar-refractivity contribution in [1.29, 1.82) is 0 Å². The molecular formula is C22H22N2O3. The summed E-state index contributed by atoms with van der Waals surface area (Å²) >= 11 is 0. The molecule has 138 valence electrons. The quantitative estimate of drug-likeness (QED) is 0.463. The average Bonchev–Trinajstić information content (AvgIpc) is 3.07. The number of rotatable bonds is 7. The van der Waals surface area contributed by atoms with Gasteiger partial charge in [-0.1, -0.05) is 42.5 Å². The second-order valence-electron chi connectivity index (χ2n) is 6.70. The van der Waals surface area contributed by atoms with E-state index in [0.717, 1.165) is 24.3 Å². The van der Waals surface area contributed by atoms with Gasteiger partial charge in [0.15, 0.2) is 0 Å². The minimum absolute atomic E-state index is 0.257. The van der Waals surface area contributed by atoms with Gasteiger partial charge in [0.1, 0.15) is 24.7 Å². The highest BCUT2D eigenvalue weighted by molar-refractivity contribution is 5.99. The smallest absolute Gasteiger partial charge is 0.275 e. The molecule has 27 heavy (non-hydrogen) atoms. The number of ether oxygens (including phenoxy) is 2. The third kappa shape index (κ3) is 4.03. The summed E-state index contributed by atoms with van der Waals surface area (Å²) in [6, 6.07) is 16.7. The van der Waals surface area contributed by atoms with Gasteiger partial charge < -0.3 is 9.47 Å². The molecule has 0 bridgehead atoms. The van der Waals surface area contributed by atoms with Crippen LogP contribution in [0.3, 0.4) is 0 Å². The maximum Gasteiger partial charge on any atom is 0.275 e. The van der Waals surface area contributed by atoms with Crippen LogP contribution < -0.4 is 14.9 Å². The Balaban J connectivity index is 1.31. The summed E-state index contributed by atoms with van der Waals surface area (Å²) in [6.07, 6.45) is 6.47. The monoisotopic (exact) mass is 362 g/mol. The third-order valence-electron chi connectivity index (χ3n) is 4.93. The van der Waals surface area contributed by atoms with Crippen molar-refractivity contribution in [2.24, 2.45) is 16.9 Å². The highest BCUT2D eigenvalue weighted by Crippen LogP contribution is 2.40. The molecule has 1 amide bonds. The standard InChI is InChI=1S/C22H22N2O3/c25-22(24-23-20-15-16-7-6-11-18(16)20)19-10-4-5-12-21(19)27-14-13-26-17-8-2-1-3-9-17/h1-6,8-12,16,18H,7,13-15H2,(H,24,25)/b23-20-/t16-,18+/m0/s1. The number of nitrogens with zero attached hydrogens (tertiary/aromatic N) is 1. The Hall–Kier alpha value is -3.08. The number of hydrogen-bond donors (Lipinski definition) is 1. The van der Waals surface area contributed by atoms with Crippen LogP contribution in [-0.4, -0.2) is 24.8 Å². The average molecular weight is 362 g/mol. The molecule has 0 spiro atoms. The van der Waals surface area contributed by atoms with Crippen LogP contribution in [0.15, 0.2) is 71.9 Å². The molecule has 0 heterocycles. The second-order valence-corrected chi connectivity index (χ2v) is 6.70. The van der Waals surface area contributed by atoms with E-state index < -0.39 is 0 Å². The molecule has 1 saturated carbocycles. The van der Waals surface area contributed by atoms with Crippen LogP contribution >= 0.6 is 0 Å². The van der Waals surface area contributed by atoms with E-state index in [0.29, 0.717) is 36.4 Å². The first-order chi connectivity index (χ1) is 13.3. The van der Waals surface area contributed by atoms with Crippen molar-refractivity contribution in [2.75, 3.05) is 13.2 Å². The lowest BCUT2D eigenvalue weighted by Gasteiger charge is -2.31. The van der Waals surface area contributed by atoms with Crippen molar-refractivity contribution in [3.63, 3.8) is 0 Å². The molecule has 0 radical (unpaired) electrons.